The molecule has 0 saturated carbocycles. The third kappa shape index (κ3) is 3.32. The maximum Gasteiger partial charge on any atom is 0.241 e. The first-order valence-electron chi connectivity index (χ1n) is 10.9. The van der Waals surface area contributed by atoms with Crippen LogP contribution >= 0.6 is 12.2 Å². The number of nitrogens with zero attached hydrogens (tertiary/aromatic N) is 1. The van der Waals surface area contributed by atoms with Gasteiger partial charge in [-0.15, -0.1) is 0 Å². The molecule has 0 radical (unpaired) electrons. The topological polar surface area (TPSA) is 70.7 Å². The Morgan fingerprint density at radius 2 is 1.81 bits per heavy atom. The number of anilines is 2. The smallest absolute Gasteiger partial charge is 0.241 e. The Labute approximate surface area is 192 Å². The summed E-state index contributed by atoms with van der Waals surface area (Å²) in [4.78, 5) is 27.9. The van der Waals surface area contributed by atoms with Gasteiger partial charge in [0.1, 0.15) is 5.60 Å². The number of carbonyl (C=O) groups excluding carboxylic acids is 2. The number of aryl methyl sites for hydroxylation is 2. The summed E-state index contributed by atoms with van der Waals surface area (Å²) in [7, 11) is 0. The van der Waals surface area contributed by atoms with Crippen LogP contribution in [0, 0.1) is 18.8 Å². The van der Waals surface area contributed by atoms with E-state index in [9.17, 15) is 9.59 Å². The van der Waals surface area contributed by atoms with Gasteiger partial charge >= 0.3 is 0 Å². The van der Waals surface area contributed by atoms with Crippen molar-refractivity contribution in [3.63, 3.8) is 0 Å². The molecule has 2 amide bonds. The van der Waals surface area contributed by atoms with Crippen molar-refractivity contribution in [1.29, 1.82) is 0 Å². The van der Waals surface area contributed by atoms with Crippen molar-refractivity contribution in [1.82, 2.24) is 5.32 Å². The van der Waals surface area contributed by atoms with Crippen molar-refractivity contribution in [2.24, 2.45) is 11.8 Å². The number of amides is 2. The van der Waals surface area contributed by atoms with Crippen molar-refractivity contribution in [2.75, 3.05) is 16.8 Å². The van der Waals surface area contributed by atoms with Crippen LogP contribution in [0.1, 0.15) is 18.1 Å². The van der Waals surface area contributed by atoms with E-state index in [4.69, 9.17) is 17.0 Å². The van der Waals surface area contributed by atoms with Gasteiger partial charge in [0, 0.05) is 5.69 Å². The molecule has 5 rings (SSSR count). The number of hydrogen-bond acceptors (Lipinski definition) is 4. The molecule has 32 heavy (non-hydrogen) atoms. The molecule has 7 heteroatoms. The molecule has 3 aliphatic heterocycles. The first kappa shape index (κ1) is 20.8. The summed E-state index contributed by atoms with van der Waals surface area (Å²) >= 11 is 5.46. The largest absolute Gasteiger partial charge is 0.360 e. The molecule has 0 aliphatic carbocycles. The maximum atomic E-state index is 13.4. The Hall–Kier alpha value is -3.03. The molecule has 164 valence electrons. The third-order valence-electron chi connectivity index (χ3n) is 6.59. The van der Waals surface area contributed by atoms with Crippen LogP contribution in [0.3, 0.4) is 0 Å². The average molecular weight is 448 g/mol. The molecule has 2 bridgehead atoms. The molecule has 4 atom stereocenters. The lowest BCUT2D eigenvalue weighted by Gasteiger charge is -2.29. The highest BCUT2D eigenvalue weighted by Crippen LogP contribution is 2.52. The van der Waals surface area contributed by atoms with Crippen molar-refractivity contribution in [3.05, 3.63) is 71.8 Å². The van der Waals surface area contributed by atoms with Crippen LogP contribution < -0.4 is 15.5 Å². The summed E-state index contributed by atoms with van der Waals surface area (Å²) in [6, 6.07) is 15.5. The molecule has 2 aromatic carbocycles. The van der Waals surface area contributed by atoms with Crippen molar-refractivity contribution in [2.45, 2.75) is 32.0 Å². The second-order valence-corrected chi connectivity index (χ2v) is 9.01. The zero-order valence-corrected chi connectivity index (χ0v) is 18.8. The molecule has 2 aromatic rings. The Morgan fingerprint density at radius 1 is 1.09 bits per heavy atom. The first-order chi connectivity index (χ1) is 15.4. The molecule has 2 saturated heterocycles. The highest BCUT2D eigenvalue weighted by molar-refractivity contribution is 7.80. The van der Waals surface area contributed by atoms with Crippen molar-refractivity contribution >= 4 is 40.5 Å². The lowest BCUT2D eigenvalue weighted by molar-refractivity contribution is -0.126. The number of ether oxygens (including phenoxy) is 1. The fourth-order valence-electron chi connectivity index (χ4n) is 4.87. The molecular formula is C25H25N3O3S. The van der Waals surface area contributed by atoms with E-state index >= 15 is 0 Å². The maximum absolute atomic E-state index is 13.4. The molecule has 3 aliphatic rings. The lowest BCUT2D eigenvalue weighted by atomic mass is 9.77. The van der Waals surface area contributed by atoms with Crippen LogP contribution in [0.15, 0.2) is 60.7 Å². The minimum absolute atomic E-state index is 0.197. The molecule has 2 N–H and O–H groups in total. The lowest BCUT2D eigenvalue weighted by Crippen LogP contribution is -2.49. The van der Waals surface area contributed by atoms with E-state index in [1.165, 1.54) is 10.5 Å². The minimum atomic E-state index is -0.890. The molecule has 6 nitrogen and oxygen atoms in total. The number of carbonyl (C=O) groups is 2. The summed E-state index contributed by atoms with van der Waals surface area (Å²) in [5, 5.41) is 6.81. The molecule has 0 spiro atoms. The third-order valence-corrected chi connectivity index (χ3v) is 6.84. The summed E-state index contributed by atoms with van der Waals surface area (Å²) in [6.07, 6.45) is 4.39. The zero-order valence-electron chi connectivity index (χ0n) is 18.0. The Morgan fingerprint density at radius 3 is 2.50 bits per heavy atom. The first-order valence-corrected chi connectivity index (χ1v) is 11.3. The van der Waals surface area contributed by atoms with E-state index in [1.54, 1.807) is 0 Å². The summed E-state index contributed by atoms with van der Waals surface area (Å²) in [5.74, 6) is -1.48. The van der Waals surface area contributed by atoms with E-state index in [-0.39, 0.29) is 11.8 Å². The Kier molecular flexibility index (Phi) is 5.10. The van der Waals surface area contributed by atoms with Crippen LogP contribution in [-0.2, 0) is 20.7 Å². The van der Waals surface area contributed by atoms with Crippen LogP contribution in [0.5, 0.6) is 0 Å². The van der Waals surface area contributed by atoms with Gasteiger partial charge in [-0.2, -0.15) is 0 Å². The monoisotopic (exact) mass is 447 g/mol. The highest BCUT2D eigenvalue weighted by atomic mass is 32.1. The number of benzene rings is 2. The van der Waals surface area contributed by atoms with Gasteiger partial charge in [0.15, 0.2) is 5.11 Å². The molecule has 4 unspecified atom stereocenters. The second kappa shape index (κ2) is 7.83. The predicted molar refractivity (Wildman–Crippen MR) is 127 cm³/mol. The number of nitrogens with one attached hydrogen (secondary N) is 2. The van der Waals surface area contributed by atoms with Crippen LogP contribution in [-0.4, -0.2) is 35.2 Å². The Balaban J connectivity index is 1.31. The fourth-order valence-corrected chi connectivity index (χ4v) is 5.06. The quantitative estimate of drug-likeness (QED) is 0.416. The Bertz CT molecular complexity index is 1110. The van der Waals surface area contributed by atoms with E-state index in [0.29, 0.717) is 17.3 Å². The van der Waals surface area contributed by atoms with Gasteiger partial charge in [0.05, 0.1) is 30.2 Å². The van der Waals surface area contributed by atoms with Crippen molar-refractivity contribution in [3.8, 4) is 0 Å². The van der Waals surface area contributed by atoms with Gasteiger partial charge in [0.2, 0.25) is 11.8 Å². The summed E-state index contributed by atoms with van der Waals surface area (Å²) in [6.45, 7) is 4.39. The zero-order chi connectivity index (χ0) is 22.5. The number of hydrogen-bond donors (Lipinski definition) is 2. The van der Waals surface area contributed by atoms with Crippen LogP contribution in [0.25, 0.3) is 0 Å². The van der Waals surface area contributed by atoms with E-state index < -0.39 is 23.5 Å². The number of rotatable bonds is 5. The molecular weight excluding hydrogens is 422 g/mol. The molecule has 2 fully saturated rings. The molecule has 3 heterocycles. The van der Waals surface area contributed by atoms with Gasteiger partial charge in [-0.3, -0.25) is 9.59 Å². The number of thiocarbonyl (C=S) groups is 1. The minimum Gasteiger partial charge on any atom is -0.360 e. The van der Waals surface area contributed by atoms with E-state index in [1.807, 2.05) is 55.5 Å². The average Bonchev–Trinajstić information content (AvgIpc) is 3.44. The van der Waals surface area contributed by atoms with E-state index in [0.717, 1.165) is 17.7 Å². The van der Waals surface area contributed by atoms with E-state index in [2.05, 4.69) is 29.7 Å². The van der Waals surface area contributed by atoms with Gasteiger partial charge in [-0.1, -0.05) is 48.9 Å². The SMILES string of the molecule is CCc1ccc(NC(=S)NCC23C=CC(O2)C2C(=O)N(c4ccc(C)cc4)C(=O)C23)cc1. The standard InChI is InChI=1S/C25H25N3O3S/c1-3-16-6-8-17(9-7-16)27-24(32)26-14-25-13-12-19(31-25)20-21(25)23(30)28(22(20)29)18-10-4-15(2)5-11-18/h4-13,19-21H,3,14H2,1-2H3,(H2,26,27,32). The summed E-state index contributed by atoms with van der Waals surface area (Å²) in [5.41, 5.74) is 2.93. The predicted octanol–water partition coefficient (Wildman–Crippen LogP) is 3.36. The normalized spacial score (nSPS) is 27.7. The van der Waals surface area contributed by atoms with Gasteiger partial charge in [0.25, 0.3) is 0 Å². The van der Waals surface area contributed by atoms with Gasteiger partial charge < -0.3 is 15.4 Å². The van der Waals surface area contributed by atoms with Crippen molar-refractivity contribution < 1.29 is 14.3 Å². The second-order valence-electron chi connectivity index (χ2n) is 8.61. The fraction of sp³-hybridized carbons (Fsp3) is 0.320. The van der Waals surface area contributed by atoms with Gasteiger partial charge in [-0.05, 0) is 55.4 Å². The highest BCUT2D eigenvalue weighted by Gasteiger charge is 2.67. The van der Waals surface area contributed by atoms with Crippen LogP contribution in [0.4, 0.5) is 11.4 Å². The van der Waals surface area contributed by atoms with Gasteiger partial charge in [-0.25, -0.2) is 4.90 Å². The van der Waals surface area contributed by atoms with Crippen LogP contribution in [0.2, 0.25) is 0 Å². The number of fused-ring (bicyclic) bond motifs is 5. The number of imide groups is 1. The molecule has 0 aromatic heterocycles. The summed E-state index contributed by atoms with van der Waals surface area (Å²) < 4.78 is 6.17.